The van der Waals surface area contributed by atoms with Crippen LogP contribution in [-0.2, 0) is 4.79 Å². The van der Waals surface area contributed by atoms with Gasteiger partial charge in [0.2, 0.25) is 0 Å². The first-order valence-electron chi connectivity index (χ1n) is 4.71. The van der Waals surface area contributed by atoms with Gasteiger partial charge in [0.1, 0.15) is 11.8 Å². The van der Waals surface area contributed by atoms with E-state index in [2.05, 4.69) is 0 Å². The Hall–Kier alpha value is -1.59. The van der Waals surface area contributed by atoms with Crippen LogP contribution in [0.5, 0.6) is 5.75 Å². The maximum atomic E-state index is 11.7. The van der Waals surface area contributed by atoms with Crippen molar-refractivity contribution in [3.63, 3.8) is 0 Å². The van der Waals surface area contributed by atoms with Gasteiger partial charge in [0, 0.05) is 6.42 Å². The fraction of sp³-hybridized carbons (Fsp3) is 0.273. The molecule has 5 nitrogen and oxygen atoms in total. The minimum atomic E-state index is -1.19. The highest BCUT2D eigenvalue weighted by Gasteiger charge is 2.19. The number of ether oxygens (including phenoxy) is 1. The van der Waals surface area contributed by atoms with Crippen LogP contribution in [0.1, 0.15) is 16.8 Å². The van der Waals surface area contributed by atoms with Gasteiger partial charge in [0.15, 0.2) is 5.78 Å². The van der Waals surface area contributed by atoms with Crippen LogP contribution in [-0.4, -0.2) is 30.0 Å². The first kappa shape index (κ1) is 15.4. The van der Waals surface area contributed by atoms with Gasteiger partial charge in [-0.25, -0.2) is 0 Å². The number of carboxylic acid groups (broad SMARTS) is 1. The SMILES string of the molecule is COc1ccccc1C(=O)CC(N)C(=O)O.Cl. The van der Waals surface area contributed by atoms with Crippen molar-refractivity contribution in [3.8, 4) is 5.75 Å². The van der Waals surface area contributed by atoms with Crippen molar-refractivity contribution in [3.05, 3.63) is 29.8 Å². The highest BCUT2D eigenvalue weighted by atomic mass is 35.5. The number of hydrogen-bond acceptors (Lipinski definition) is 4. The van der Waals surface area contributed by atoms with E-state index in [1.54, 1.807) is 24.3 Å². The molecule has 0 heterocycles. The Morgan fingerprint density at radius 1 is 1.41 bits per heavy atom. The fourth-order valence-corrected chi connectivity index (χ4v) is 1.27. The van der Waals surface area contributed by atoms with Gasteiger partial charge in [-0.05, 0) is 12.1 Å². The number of methoxy groups -OCH3 is 1. The van der Waals surface area contributed by atoms with E-state index in [1.165, 1.54) is 7.11 Å². The normalized spacial score (nSPS) is 11.2. The number of halogens is 1. The highest BCUT2D eigenvalue weighted by molar-refractivity contribution is 6.00. The number of carbonyl (C=O) groups excluding carboxylic acids is 1. The summed E-state index contributed by atoms with van der Waals surface area (Å²) >= 11 is 0. The number of aliphatic carboxylic acids is 1. The highest BCUT2D eigenvalue weighted by Crippen LogP contribution is 2.19. The van der Waals surface area contributed by atoms with Crippen molar-refractivity contribution in [2.75, 3.05) is 7.11 Å². The average Bonchev–Trinajstić information content (AvgIpc) is 2.28. The Balaban J connectivity index is 0.00000256. The van der Waals surface area contributed by atoms with Gasteiger partial charge in [-0.1, -0.05) is 12.1 Å². The van der Waals surface area contributed by atoms with Gasteiger partial charge in [-0.15, -0.1) is 12.4 Å². The average molecular weight is 260 g/mol. The number of ketones is 1. The van der Waals surface area contributed by atoms with Crippen LogP contribution in [0.4, 0.5) is 0 Å². The third-order valence-electron chi connectivity index (χ3n) is 2.13. The summed E-state index contributed by atoms with van der Waals surface area (Å²) in [6, 6.07) is 5.45. The molecule has 1 atom stereocenters. The van der Waals surface area contributed by atoms with Crippen LogP contribution >= 0.6 is 12.4 Å². The van der Waals surface area contributed by atoms with Gasteiger partial charge in [0.25, 0.3) is 0 Å². The van der Waals surface area contributed by atoms with Crippen LogP contribution in [0.3, 0.4) is 0 Å². The summed E-state index contributed by atoms with van der Waals surface area (Å²) in [7, 11) is 1.45. The zero-order valence-corrected chi connectivity index (χ0v) is 10.1. The molecule has 0 amide bonds. The standard InChI is InChI=1S/C11H13NO4.ClH/c1-16-10-5-3-2-4-7(10)9(13)6-8(12)11(14)15;/h2-5,8H,6,12H2,1H3,(H,14,15);1H. The maximum Gasteiger partial charge on any atom is 0.320 e. The van der Waals surface area contributed by atoms with Crippen molar-refractivity contribution in [2.45, 2.75) is 12.5 Å². The molecule has 3 N–H and O–H groups in total. The summed E-state index contributed by atoms with van der Waals surface area (Å²) in [4.78, 5) is 22.2. The minimum Gasteiger partial charge on any atom is -0.496 e. The Kier molecular flexibility index (Phi) is 6.23. The molecule has 1 aromatic carbocycles. The smallest absolute Gasteiger partial charge is 0.320 e. The molecular formula is C11H14ClNO4. The molecule has 6 heteroatoms. The molecule has 0 radical (unpaired) electrons. The zero-order valence-electron chi connectivity index (χ0n) is 9.25. The molecule has 0 aromatic heterocycles. The number of Topliss-reactive ketones (excluding diaryl/α,β-unsaturated/α-hetero) is 1. The molecule has 1 rings (SSSR count). The second-order valence-corrected chi connectivity index (χ2v) is 3.27. The Labute approximate surface area is 105 Å². The number of carboxylic acids is 1. The monoisotopic (exact) mass is 259 g/mol. The lowest BCUT2D eigenvalue weighted by molar-refractivity contribution is -0.138. The van der Waals surface area contributed by atoms with Gasteiger partial charge in [0.05, 0.1) is 12.7 Å². The molecule has 0 aliphatic carbocycles. The number of carbonyl (C=O) groups is 2. The summed E-state index contributed by atoms with van der Waals surface area (Å²) in [5.74, 6) is -1.11. The molecule has 1 unspecified atom stereocenters. The quantitative estimate of drug-likeness (QED) is 0.773. The summed E-state index contributed by atoms with van der Waals surface area (Å²) in [5, 5.41) is 8.60. The maximum absolute atomic E-state index is 11.7. The lowest BCUT2D eigenvalue weighted by atomic mass is 10.0. The van der Waals surface area contributed by atoms with Crippen molar-refractivity contribution in [2.24, 2.45) is 5.73 Å². The van der Waals surface area contributed by atoms with E-state index in [4.69, 9.17) is 15.6 Å². The Morgan fingerprint density at radius 3 is 2.53 bits per heavy atom. The number of nitrogens with two attached hydrogens (primary N) is 1. The van der Waals surface area contributed by atoms with Crippen LogP contribution in [0.15, 0.2) is 24.3 Å². The van der Waals surface area contributed by atoms with E-state index in [0.29, 0.717) is 11.3 Å². The van der Waals surface area contributed by atoms with E-state index in [0.717, 1.165) is 0 Å². The number of hydrogen-bond donors (Lipinski definition) is 2. The molecule has 0 saturated heterocycles. The predicted molar refractivity (Wildman–Crippen MR) is 64.8 cm³/mol. The van der Waals surface area contributed by atoms with E-state index >= 15 is 0 Å². The Morgan fingerprint density at radius 2 is 2.00 bits per heavy atom. The van der Waals surface area contributed by atoms with E-state index in [9.17, 15) is 9.59 Å². The van der Waals surface area contributed by atoms with Crippen LogP contribution in [0, 0.1) is 0 Å². The molecule has 94 valence electrons. The molecular weight excluding hydrogens is 246 g/mol. The third kappa shape index (κ3) is 4.05. The summed E-state index contributed by atoms with van der Waals surface area (Å²) in [6.45, 7) is 0. The minimum absolute atomic E-state index is 0. The van der Waals surface area contributed by atoms with Gasteiger partial charge in [-0.3, -0.25) is 9.59 Å². The summed E-state index contributed by atoms with van der Waals surface area (Å²) in [6.07, 6.45) is -0.240. The second-order valence-electron chi connectivity index (χ2n) is 3.27. The number of benzene rings is 1. The van der Waals surface area contributed by atoms with Crippen LogP contribution < -0.4 is 10.5 Å². The predicted octanol–water partition coefficient (Wildman–Crippen LogP) is 1.10. The molecule has 0 bridgehead atoms. The van der Waals surface area contributed by atoms with E-state index in [-0.39, 0.29) is 24.6 Å². The van der Waals surface area contributed by atoms with Crippen LogP contribution in [0.2, 0.25) is 0 Å². The number of para-hydroxylation sites is 1. The lowest BCUT2D eigenvalue weighted by Gasteiger charge is -2.08. The molecule has 0 aliphatic rings. The molecule has 1 aromatic rings. The summed E-state index contributed by atoms with van der Waals surface area (Å²) < 4.78 is 5.00. The zero-order chi connectivity index (χ0) is 12.1. The van der Waals surface area contributed by atoms with Crippen molar-refractivity contribution in [1.82, 2.24) is 0 Å². The van der Waals surface area contributed by atoms with Crippen molar-refractivity contribution < 1.29 is 19.4 Å². The van der Waals surface area contributed by atoms with Gasteiger partial charge in [-0.2, -0.15) is 0 Å². The molecule has 0 fully saturated rings. The molecule has 0 aliphatic heterocycles. The summed E-state index contributed by atoms with van der Waals surface area (Å²) in [5.41, 5.74) is 5.63. The molecule has 17 heavy (non-hydrogen) atoms. The topological polar surface area (TPSA) is 89.6 Å². The molecule has 0 saturated carbocycles. The number of rotatable bonds is 5. The fourth-order valence-electron chi connectivity index (χ4n) is 1.27. The van der Waals surface area contributed by atoms with E-state index < -0.39 is 12.0 Å². The largest absolute Gasteiger partial charge is 0.496 e. The third-order valence-corrected chi connectivity index (χ3v) is 2.13. The molecule has 0 spiro atoms. The van der Waals surface area contributed by atoms with Crippen molar-refractivity contribution in [1.29, 1.82) is 0 Å². The second kappa shape index (κ2) is 6.88. The first-order valence-corrected chi connectivity index (χ1v) is 4.71. The Bertz CT molecular complexity index is 408. The lowest BCUT2D eigenvalue weighted by Crippen LogP contribution is -2.32. The first-order chi connectivity index (χ1) is 7.56. The van der Waals surface area contributed by atoms with Crippen molar-refractivity contribution >= 4 is 24.2 Å². The van der Waals surface area contributed by atoms with Gasteiger partial charge >= 0.3 is 5.97 Å². The van der Waals surface area contributed by atoms with Crippen LogP contribution in [0.25, 0.3) is 0 Å². The van der Waals surface area contributed by atoms with E-state index in [1.807, 2.05) is 0 Å². The van der Waals surface area contributed by atoms with Gasteiger partial charge < -0.3 is 15.6 Å².